The molecule has 1 fully saturated rings. The summed E-state index contributed by atoms with van der Waals surface area (Å²) in [6, 6.07) is 0. The van der Waals surface area contributed by atoms with Gasteiger partial charge < -0.3 is 20.4 Å². The average Bonchev–Trinajstić information content (AvgIpc) is 2.56. The summed E-state index contributed by atoms with van der Waals surface area (Å²) in [5.74, 6) is -4.92. The van der Waals surface area contributed by atoms with E-state index in [0.29, 0.717) is 19.3 Å². The molecule has 0 bridgehead atoms. The molecule has 4 N–H and O–H groups in total. The number of carboxylic acids is 4. The average molecular weight is 342 g/mol. The molecule has 8 heteroatoms. The number of allylic oxidation sites excluding steroid dienone is 1. The van der Waals surface area contributed by atoms with Gasteiger partial charge in [0, 0.05) is 0 Å². The molecule has 2 rings (SSSR count). The summed E-state index contributed by atoms with van der Waals surface area (Å²) in [4.78, 5) is 42.8. The SMILES string of the molecule is O=C(O)C1(C(=O)O)C=CCCC1.O=C(O)C1(C(=O)O)CCCCC1. The molecule has 0 aromatic rings. The number of carbonyl (C=O) groups is 4. The van der Waals surface area contributed by atoms with Crippen LogP contribution in [0.1, 0.15) is 51.4 Å². The molecule has 0 spiro atoms. The van der Waals surface area contributed by atoms with Gasteiger partial charge in [-0.15, -0.1) is 0 Å². The summed E-state index contributed by atoms with van der Waals surface area (Å²) in [6.45, 7) is 0. The van der Waals surface area contributed by atoms with Gasteiger partial charge in [-0.25, -0.2) is 0 Å². The molecule has 0 unspecified atom stereocenters. The largest absolute Gasteiger partial charge is 0.480 e. The lowest BCUT2D eigenvalue weighted by Gasteiger charge is -2.28. The Labute approximate surface area is 138 Å². The van der Waals surface area contributed by atoms with Crippen molar-refractivity contribution in [3.8, 4) is 0 Å². The summed E-state index contributed by atoms with van der Waals surface area (Å²) in [5.41, 5.74) is -3.16. The molecule has 2 aliphatic carbocycles. The smallest absolute Gasteiger partial charge is 0.324 e. The topological polar surface area (TPSA) is 149 Å². The second kappa shape index (κ2) is 7.94. The predicted molar refractivity (Wildman–Crippen MR) is 81.5 cm³/mol. The van der Waals surface area contributed by atoms with Crippen LogP contribution in [0.4, 0.5) is 0 Å². The van der Waals surface area contributed by atoms with Gasteiger partial charge in [0.2, 0.25) is 0 Å². The molecular weight excluding hydrogens is 320 g/mol. The minimum atomic E-state index is -1.67. The van der Waals surface area contributed by atoms with Gasteiger partial charge in [-0.05, 0) is 32.1 Å². The van der Waals surface area contributed by atoms with Crippen molar-refractivity contribution in [2.45, 2.75) is 51.4 Å². The maximum absolute atomic E-state index is 10.7. The zero-order valence-corrected chi connectivity index (χ0v) is 13.2. The van der Waals surface area contributed by atoms with Gasteiger partial charge in [-0.2, -0.15) is 0 Å². The highest BCUT2D eigenvalue weighted by atomic mass is 16.4. The zero-order chi connectivity index (χ0) is 18.4. The molecule has 24 heavy (non-hydrogen) atoms. The van der Waals surface area contributed by atoms with Gasteiger partial charge in [-0.3, -0.25) is 19.2 Å². The Morgan fingerprint density at radius 1 is 0.667 bits per heavy atom. The first-order valence-corrected chi connectivity index (χ1v) is 7.80. The Bertz CT molecular complexity index is 512. The number of hydrogen-bond acceptors (Lipinski definition) is 4. The van der Waals surface area contributed by atoms with E-state index in [0.717, 1.165) is 12.8 Å². The van der Waals surface area contributed by atoms with E-state index in [1.165, 1.54) is 6.08 Å². The van der Waals surface area contributed by atoms with Crippen LogP contribution in [0, 0.1) is 10.8 Å². The molecule has 0 aromatic carbocycles. The van der Waals surface area contributed by atoms with Gasteiger partial charge in [0.1, 0.15) is 0 Å². The maximum atomic E-state index is 10.7. The van der Waals surface area contributed by atoms with Gasteiger partial charge in [0.15, 0.2) is 10.8 Å². The van der Waals surface area contributed by atoms with E-state index >= 15 is 0 Å². The van der Waals surface area contributed by atoms with E-state index in [-0.39, 0.29) is 19.3 Å². The van der Waals surface area contributed by atoms with Crippen molar-refractivity contribution >= 4 is 23.9 Å². The minimum Gasteiger partial charge on any atom is -0.480 e. The van der Waals surface area contributed by atoms with Crippen LogP contribution in [0.25, 0.3) is 0 Å². The first kappa shape index (κ1) is 19.7. The Morgan fingerprint density at radius 3 is 1.42 bits per heavy atom. The second-order valence-electron chi connectivity index (χ2n) is 6.13. The summed E-state index contributed by atoms with van der Waals surface area (Å²) in [7, 11) is 0. The second-order valence-corrected chi connectivity index (χ2v) is 6.13. The lowest BCUT2D eigenvalue weighted by Crippen LogP contribution is -2.40. The van der Waals surface area contributed by atoms with Crippen LogP contribution in [0.2, 0.25) is 0 Å². The van der Waals surface area contributed by atoms with E-state index in [9.17, 15) is 19.2 Å². The molecule has 134 valence electrons. The maximum Gasteiger partial charge on any atom is 0.324 e. The molecule has 2 aliphatic rings. The number of carboxylic acid groups (broad SMARTS) is 4. The molecule has 0 amide bonds. The fraction of sp³-hybridized carbons (Fsp3) is 0.625. The van der Waals surface area contributed by atoms with Crippen molar-refractivity contribution in [1.82, 2.24) is 0 Å². The van der Waals surface area contributed by atoms with Crippen LogP contribution >= 0.6 is 0 Å². The van der Waals surface area contributed by atoms with Crippen molar-refractivity contribution in [1.29, 1.82) is 0 Å². The summed E-state index contributed by atoms with van der Waals surface area (Å²) in [5, 5.41) is 35.0. The molecule has 0 aromatic heterocycles. The van der Waals surface area contributed by atoms with Crippen LogP contribution < -0.4 is 0 Å². The molecule has 1 saturated carbocycles. The lowest BCUT2D eigenvalue weighted by atomic mass is 9.74. The summed E-state index contributed by atoms with van der Waals surface area (Å²) in [6.07, 6.45) is 7.38. The number of aliphatic carboxylic acids is 4. The van der Waals surface area contributed by atoms with E-state index in [1.54, 1.807) is 6.08 Å². The normalized spacial score (nSPS) is 21.0. The van der Waals surface area contributed by atoms with Crippen LogP contribution in [0.3, 0.4) is 0 Å². The quantitative estimate of drug-likeness (QED) is 0.447. The summed E-state index contributed by atoms with van der Waals surface area (Å²) >= 11 is 0. The number of rotatable bonds is 4. The van der Waals surface area contributed by atoms with Crippen LogP contribution in [0.15, 0.2) is 12.2 Å². The van der Waals surface area contributed by atoms with Crippen molar-refractivity contribution < 1.29 is 39.6 Å². The molecule has 8 nitrogen and oxygen atoms in total. The van der Waals surface area contributed by atoms with E-state index in [2.05, 4.69) is 0 Å². The zero-order valence-electron chi connectivity index (χ0n) is 13.2. The fourth-order valence-electron chi connectivity index (χ4n) is 2.99. The van der Waals surface area contributed by atoms with E-state index in [1.807, 2.05) is 0 Å². The molecule has 0 aliphatic heterocycles. The highest BCUT2D eigenvalue weighted by molar-refractivity contribution is 6.00. The molecule has 0 atom stereocenters. The summed E-state index contributed by atoms with van der Waals surface area (Å²) < 4.78 is 0. The standard InChI is InChI=1S/C8H12O4.C8H10O4/c2*9-6(10)8(7(11)12)4-2-1-3-5-8/h1-5H2,(H,9,10)(H,11,12);2,4H,1,3,5H2,(H,9,10)(H,11,12). The highest BCUT2D eigenvalue weighted by Gasteiger charge is 2.47. The Morgan fingerprint density at radius 2 is 1.17 bits per heavy atom. The van der Waals surface area contributed by atoms with E-state index in [4.69, 9.17) is 20.4 Å². The Balaban J connectivity index is 0.000000240. The monoisotopic (exact) mass is 342 g/mol. The molecule has 0 saturated heterocycles. The molecule has 0 heterocycles. The fourth-order valence-corrected chi connectivity index (χ4v) is 2.99. The van der Waals surface area contributed by atoms with Crippen molar-refractivity contribution in [2.75, 3.05) is 0 Å². The van der Waals surface area contributed by atoms with Gasteiger partial charge in [-0.1, -0.05) is 31.4 Å². The third-order valence-electron chi connectivity index (χ3n) is 4.63. The minimum absolute atomic E-state index is 0.189. The lowest BCUT2D eigenvalue weighted by molar-refractivity contribution is -0.167. The van der Waals surface area contributed by atoms with Crippen molar-refractivity contribution in [3.05, 3.63) is 12.2 Å². The van der Waals surface area contributed by atoms with Crippen molar-refractivity contribution in [3.63, 3.8) is 0 Å². The highest BCUT2D eigenvalue weighted by Crippen LogP contribution is 2.36. The Kier molecular flexibility index (Phi) is 6.51. The first-order valence-electron chi connectivity index (χ1n) is 7.80. The molecular formula is C16H22O8. The Hall–Kier alpha value is -2.38. The first-order chi connectivity index (χ1) is 11.2. The number of hydrogen-bond donors (Lipinski definition) is 4. The third kappa shape index (κ3) is 3.93. The van der Waals surface area contributed by atoms with Crippen LogP contribution in [-0.2, 0) is 19.2 Å². The van der Waals surface area contributed by atoms with E-state index < -0.39 is 34.7 Å². The third-order valence-corrected chi connectivity index (χ3v) is 4.63. The molecule has 0 radical (unpaired) electrons. The van der Waals surface area contributed by atoms with Crippen LogP contribution in [-0.4, -0.2) is 44.3 Å². The predicted octanol–water partition coefficient (Wildman–Crippen LogP) is 1.99. The van der Waals surface area contributed by atoms with Gasteiger partial charge in [0.05, 0.1) is 0 Å². The van der Waals surface area contributed by atoms with Crippen LogP contribution in [0.5, 0.6) is 0 Å². The van der Waals surface area contributed by atoms with Crippen molar-refractivity contribution in [2.24, 2.45) is 10.8 Å². The van der Waals surface area contributed by atoms with Gasteiger partial charge in [0.25, 0.3) is 0 Å². The van der Waals surface area contributed by atoms with Gasteiger partial charge >= 0.3 is 23.9 Å².